The van der Waals surface area contributed by atoms with Crippen molar-refractivity contribution in [1.29, 1.82) is 0 Å². The minimum Gasteiger partial charge on any atom is -0.469 e. The van der Waals surface area contributed by atoms with Crippen molar-refractivity contribution in [1.82, 2.24) is 4.90 Å². The van der Waals surface area contributed by atoms with E-state index in [9.17, 15) is 9.59 Å². The Hall–Kier alpha value is -1.26. The summed E-state index contributed by atoms with van der Waals surface area (Å²) in [5, 5.41) is 0. The van der Waals surface area contributed by atoms with Gasteiger partial charge in [0.15, 0.2) is 0 Å². The second-order valence-electron chi connectivity index (χ2n) is 6.15. The van der Waals surface area contributed by atoms with Crippen LogP contribution in [-0.4, -0.2) is 42.3 Å². The van der Waals surface area contributed by atoms with E-state index in [0.717, 1.165) is 6.42 Å². The molecule has 1 saturated heterocycles. The number of hydrogen-bond acceptors (Lipinski definition) is 4. The summed E-state index contributed by atoms with van der Waals surface area (Å²) in [7, 11) is 1.42. The van der Waals surface area contributed by atoms with Crippen LogP contribution in [0.1, 0.15) is 33.6 Å². The standard InChI is InChI=1S/C13H21NO4/c1-13(2,3)18-12(16)14-7-8-5-9(14)6-10(8)11(15)17-4/h8-10H,5-7H2,1-4H3/t8-,9-,10+/m0/s1. The summed E-state index contributed by atoms with van der Waals surface area (Å²) >= 11 is 0. The number of ether oxygens (including phenoxy) is 2. The van der Waals surface area contributed by atoms with E-state index in [1.807, 2.05) is 20.8 Å². The number of piperidine rings is 1. The molecule has 0 unspecified atom stereocenters. The van der Waals surface area contributed by atoms with E-state index in [1.165, 1.54) is 7.11 Å². The Morgan fingerprint density at radius 1 is 1.22 bits per heavy atom. The molecule has 1 saturated carbocycles. The van der Waals surface area contributed by atoms with Crippen LogP contribution in [0.4, 0.5) is 4.79 Å². The average Bonchev–Trinajstić information content (AvgIpc) is 2.84. The maximum absolute atomic E-state index is 12.0. The van der Waals surface area contributed by atoms with Gasteiger partial charge in [0.25, 0.3) is 0 Å². The predicted octanol–water partition coefficient (Wildman–Crippen LogP) is 1.80. The van der Waals surface area contributed by atoms with Crippen molar-refractivity contribution in [3.8, 4) is 0 Å². The smallest absolute Gasteiger partial charge is 0.410 e. The van der Waals surface area contributed by atoms with Crippen LogP contribution in [0.25, 0.3) is 0 Å². The number of methoxy groups -OCH3 is 1. The van der Waals surface area contributed by atoms with E-state index >= 15 is 0 Å². The van der Waals surface area contributed by atoms with Gasteiger partial charge in [-0.3, -0.25) is 4.79 Å². The fraction of sp³-hybridized carbons (Fsp3) is 0.846. The lowest BCUT2D eigenvalue weighted by Crippen LogP contribution is -2.44. The quantitative estimate of drug-likeness (QED) is 0.670. The molecule has 0 radical (unpaired) electrons. The zero-order valence-corrected chi connectivity index (χ0v) is 11.4. The average molecular weight is 255 g/mol. The van der Waals surface area contributed by atoms with Gasteiger partial charge in [-0.15, -0.1) is 0 Å². The summed E-state index contributed by atoms with van der Waals surface area (Å²) in [6, 6.07) is 0.133. The zero-order chi connectivity index (χ0) is 13.5. The SMILES string of the molecule is COC(=O)[C@@H]1C[C@@H]2C[C@H]1CN2C(=O)OC(C)(C)C. The molecule has 1 aliphatic carbocycles. The van der Waals surface area contributed by atoms with Gasteiger partial charge < -0.3 is 14.4 Å². The van der Waals surface area contributed by atoms with Crippen LogP contribution in [0.2, 0.25) is 0 Å². The lowest BCUT2D eigenvalue weighted by molar-refractivity contribution is -0.147. The second kappa shape index (κ2) is 4.44. The third-order valence-electron chi connectivity index (χ3n) is 3.67. The summed E-state index contributed by atoms with van der Waals surface area (Å²) in [5.74, 6) is 0.0417. The molecule has 2 bridgehead atoms. The minimum absolute atomic E-state index is 0.0429. The number of esters is 1. The van der Waals surface area contributed by atoms with Crippen molar-refractivity contribution < 1.29 is 19.1 Å². The number of fused-ring (bicyclic) bond motifs is 2. The first kappa shape index (κ1) is 13.2. The summed E-state index contributed by atoms with van der Waals surface area (Å²) < 4.78 is 10.2. The molecule has 0 N–H and O–H groups in total. The number of amides is 1. The summed E-state index contributed by atoms with van der Waals surface area (Å²) in [6.45, 7) is 6.18. The molecule has 1 heterocycles. The Labute approximate surface area is 107 Å². The van der Waals surface area contributed by atoms with Crippen molar-refractivity contribution in [2.24, 2.45) is 11.8 Å². The molecule has 1 amide bonds. The van der Waals surface area contributed by atoms with Gasteiger partial charge in [-0.25, -0.2) is 4.79 Å². The first-order valence-corrected chi connectivity index (χ1v) is 6.39. The summed E-state index contributed by atoms with van der Waals surface area (Å²) in [4.78, 5) is 25.3. The number of likely N-dealkylation sites (tertiary alicyclic amines) is 1. The monoisotopic (exact) mass is 255 g/mol. The fourth-order valence-electron chi connectivity index (χ4n) is 2.94. The summed E-state index contributed by atoms with van der Waals surface area (Å²) in [6.07, 6.45) is 1.33. The topological polar surface area (TPSA) is 55.8 Å². The molecule has 1 aliphatic heterocycles. The molecule has 5 heteroatoms. The van der Waals surface area contributed by atoms with Gasteiger partial charge in [-0.2, -0.15) is 0 Å². The van der Waals surface area contributed by atoms with Crippen LogP contribution in [0.15, 0.2) is 0 Å². The third-order valence-corrected chi connectivity index (χ3v) is 3.67. The van der Waals surface area contributed by atoms with E-state index in [2.05, 4.69) is 0 Å². The van der Waals surface area contributed by atoms with Crippen LogP contribution < -0.4 is 0 Å². The number of rotatable bonds is 1. The molecule has 2 fully saturated rings. The molecule has 5 nitrogen and oxygen atoms in total. The van der Waals surface area contributed by atoms with E-state index in [1.54, 1.807) is 4.90 Å². The first-order chi connectivity index (χ1) is 8.31. The molecule has 0 aromatic rings. The van der Waals surface area contributed by atoms with Crippen LogP contribution in [0, 0.1) is 11.8 Å². The van der Waals surface area contributed by atoms with Crippen LogP contribution in [-0.2, 0) is 14.3 Å². The van der Waals surface area contributed by atoms with Crippen molar-refractivity contribution in [3.63, 3.8) is 0 Å². The zero-order valence-electron chi connectivity index (χ0n) is 11.4. The van der Waals surface area contributed by atoms with Crippen molar-refractivity contribution in [2.45, 2.75) is 45.3 Å². The van der Waals surface area contributed by atoms with Gasteiger partial charge in [-0.05, 0) is 39.5 Å². The number of carbonyl (C=O) groups excluding carboxylic acids is 2. The number of hydrogen-bond donors (Lipinski definition) is 0. The molecule has 2 aliphatic rings. The molecule has 2 rings (SSSR count). The van der Waals surface area contributed by atoms with Gasteiger partial charge in [0.2, 0.25) is 0 Å². The van der Waals surface area contributed by atoms with E-state index in [4.69, 9.17) is 9.47 Å². The Kier molecular flexibility index (Phi) is 3.25. The predicted molar refractivity (Wildman–Crippen MR) is 65.0 cm³/mol. The lowest BCUT2D eigenvalue weighted by Gasteiger charge is -2.32. The Balaban J connectivity index is 1.95. The number of carbonyl (C=O) groups is 2. The molecule has 0 aromatic carbocycles. The second-order valence-corrected chi connectivity index (χ2v) is 6.15. The third kappa shape index (κ3) is 2.44. The lowest BCUT2D eigenvalue weighted by atomic mass is 9.95. The van der Waals surface area contributed by atoms with Crippen molar-refractivity contribution >= 4 is 12.1 Å². The molecule has 18 heavy (non-hydrogen) atoms. The van der Waals surface area contributed by atoms with Gasteiger partial charge in [0.1, 0.15) is 5.60 Å². The Morgan fingerprint density at radius 3 is 2.33 bits per heavy atom. The minimum atomic E-state index is -0.472. The van der Waals surface area contributed by atoms with Crippen LogP contribution >= 0.6 is 0 Å². The van der Waals surface area contributed by atoms with Gasteiger partial charge in [0, 0.05) is 12.6 Å². The highest BCUT2D eigenvalue weighted by molar-refractivity contribution is 5.75. The highest BCUT2D eigenvalue weighted by atomic mass is 16.6. The van der Waals surface area contributed by atoms with Gasteiger partial charge in [0.05, 0.1) is 13.0 Å². The molecule has 3 atom stereocenters. The fourth-order valence-corrected chi connectivity index (χ4v) is 2.94. The maximum atomic E-state index is 12.0. The highest BCUT2D eigenvalue weighted by Gasteiger charge is 2.50. The number of nitrogens with zero attached hydrogens (tertiary/aromatic N) is 1. The first-order valence-electron chi connectivity index (χ1n) is 6.39. The van der Waals surface area contributed by atoms with Crippen molar-refractivity contribution in [2.75, 3.05) is 13.7 Å². The molecule has 0 spiro atoms. The molecular weight excluding hydrogens is 234 g/mol. The van der Waals surface area contributed by atoms with E-state index in [-0.39, 0.29) is 29.9 Å². The highest BCUT2D eigenvalue weighted by Crippen LogP contribution is 2.43. The molecule has 102 valence electrons. The molecule has 0 aromatic heterocycles. The van der Waals surface area contributed by atoms with Crippen LogP contribution in [0.5, 0.6) is 0 Å². The van der Waals surface area contributed by atoms with Gasteiger partial charge in [-0.1, -0.05) is 0 Å². The van der Waals surface area contributed by atoms with Crippen LogP contribution in [0.3, 0.4) is 0 Å². The largest absolute Gasteiger partial charge is 0.469 e. The Morgan fingerprint density at radius 2 is 1.89 bits per heavy atom. The normalized spacial score (nSPS) is 30.4. The van der Waals surface area contributed by atoms with E-state index in [0.29, 0.717) is 13.0 Å². The Bertz CT molecular complexity index is 360. The summed E-state index contributed by atoms with van der Waals surface area (Å²) in [5.41, 5.74) is -0.472. The maximum Gasteiger partial charge on any atom is 0.410 e. The van der Waals surface area contributed by atoms with Crippen molar-refractivity contribution in [3.05, 3.63) is 0 Å². The van der Waals surface area contributed by atoms with Gasteiger partial charge >= 0.3 is 12.1 Å². The molecular formula is C13H21NO4. The van der Waals surface area contributed by atoms with E-state index < -0.39 is 5.60 Å².